The predicted octanol–water partition coefficient (Wildman–Crippen LogP) is 3.24. The minimum atomic E-state index is 0.522. The normalized spacial score (nSPS) is 10.9. The highest BCUT2D eigenvalue weighted by molar-refractivity contribution is 7.99. The molecule has 0 saturated carbocycles. The van der Waals surface area contributed by atoms with Crippen LogP contribution in [-0.2, 0) is 0 Å². The van der Waals surface area contributed by atoms with Gasteiger partial charge in [0, 0.05) is 5.25 Å². The molecule has 2 rings (SSSR count). The molecule has 2 heterocycles. The van der Waals surface area contributed by atoms with Crippen molar-refractivity contribution in [2.75, 3.05) is 0 Å². The third-order valence-electron chi connectivity index (χ3n) is 1.77. The molecule has 0 fully saturated rings. The monoisotopic (exact) mass is 220 g/mol. The van der Waals surface area contributed by atoms with Crippen molar-refractivity contribution < 1.29 is 4.42 Å². The van der Waals surface area contributed by atoms with Crippen molar-refractivity contribution in [3.05, 3.63) is 30.5 Å². The Balaban J connectivity index is 2.17. The molecule has 0 aliphatic heterocycles. The molecule has 0 radical (unpaired) electrons. The summed E-state index contributed by atoms with van der Waals surface area (Å²) < 4.78 is 5.23. The second kappa shape index (κ2) is 4.49. The topological polar surface area (TPSA) is 38.9 Å². The number of thioether (sulfide) groups is 1. The Morgan fingerprint density at radius 1 is 1.20 bits per heavy atom. The van der Waals surface area contributed by atoms with Crippen LogP contribution in [-0.4, -0.2) is 15.4 Å². The van der Waals surface area contributed by atoms with Gasteiger partial charge in [0.25, 0.3) is 0 Å². The van der Waals surface area contributed by atoms with Gasteiger partial charge in [-0.3, -0.25) is 0 Å². The molecule has 0 saturated heterocycles. The van der Waals surface area contributed by atoms with Gasteiger partial charge in [0.15, 0.2) is 5.76 Å². The molecule has 0 atom stereocenters. The lowest BCUT2D eigenvalue weighted by molar-refractivity contribution is 0.578. The molecule has 0 aliphatic rings. The van der Waals surface area contributed by atoms with Crippen molar-refractivity contribution in [1.29, 1.82) is 0 Å². The van der Waals surface area contributed by atoms with E-state index in [1.54, 1.807) is 18.0 Å². The molecular weight excluding hydrogens is 208 g/mol. The maximum atomic E-state index is 5.23. The molecule has 0 spiro atoms. The standard InChI is InChI=1S/C11H12N2OS/c1-8(2)15-11-6-5-9(12-13-11)10-4-3-7-14-10/h3-8H,1-2H3. The maximum Gasteiger partial charge on any atom is 0.154 e. The summed E-state index contributed by atoms with van der Waals surface area (Å²) in [6.07, 6.45) is 1.63. The fourth-order valence-corrected chi connectivity index (χ4v) is 1.90. The second-order valence-corrected chi connectivity index (χ2v) is 5.00. The van der Waals surface area contributed by atoms with Crippen LogP contribution in [0.5, 0.6) is 0 Å². The first-order valence-corrected chi connectivity index (χ1v) is 5.68. The van der Waals surface area contributed by atoms with Gasteiger partial charge in [0.2, 0.25) is 0 Å². The average Bonchev–Trinajstić information content (AvgIpc) is 2.71. The smallest absolute Gasteiger partial charge is 0.154 e. The van der Waals surface area contributed by atoms with Crippen LogP contribution in [0.15, 0.2) is 40.0 Å². The van der Waals surface area contributed by atoms with E-state index in [0.29, 0.717) is 5.25 Å². The maximum absolute atomic E-state index is 5.23. The van der Waals surface area contributed by atoms with E-state index in [-0.39, 0.29) is 0 Å². The summed E-state index contributed by atoms with van der Waals surface area (Å²) in [6, 6.07) is 7.61. The molecule has 2 aromatic rings. The molecule has 78 valence electrons. The summed E-state index contributed by atoms with van der Waals surface area (Å²) in [4.78, 5) is 0. The van der Waals surface area contributed by atoms with Gasteiger partial charge in [-0.05, 0) is 24.3 Å². The van der Waals surface area contributed by atoms with Crippen LogP contribution >= 0.6 is 11.8 Å². The summed E-state index contributed by atoms with van der Waals surface area (Å²) in [5.74, 6) is 0.753. The van der Waals surface area contributed by atoms with Crippen LogP contribution in [0.3, 0.4) is 0 Å². The molecule has 2 aromatic heterocycles. The first-order chi connectivity index (χ1) is 7.25. The molecule has 4 heteroatoms. The van der Waals surface area contributed by atoms with Gasteiger partial charge in [0.05, 0.1) is 6.26 Å². The summed E-state index contributed by atoms with van der Waals surface area (Å²) in [7, 11) is 0. The molecular formula is C11H12N2OS. The van der Waals surface area contributed by atoms with Gasteiger partial charge in [-0.25, -0.2) is 0 Å². The number of hydrogen-bond acceptors (Lipinski definition) is 4. The van der Waals surface area contributed by atoms with Gasteiger partial charge in [-0.2, -0.15) is 0 Å². The number of hydrogen-bond donors (Lipinski definition) is 0. The van der Waals surface area contributed by atoms with Crippen LogP contribution in [0, 0.1) is 0 Å². The zero-order valence-corrected chi connectivity index (χ0v) is 9.49. The molecule has 0 amide bonds. The van der Waals surface area contributed by atoms with E-state index in [2.05, 4.69) is 24.0 Å². The lowest BCUT2D eigenvalue weighted by Gasteiger charge is -2.02. The summed E-state index contributed by atoms with van der Waals surface area (Å²) in [5.41, 5.74) is 0.771. The van der Waals surface area contributed by atoms with Gasteiger partial charge >= 0.3 is 0 Å². The SMILES string of the molecule is CC(C)Sc1ccc(-c2ccco2)nn1. The highest BCUT2D eigenvalue weighted by Gasteiger charge is 2.04. The summed E-state index contributed by atoms with van der Waals surface area (Å²) in [5, 5.41) is 9.70. The first-order valence-electron chi connectivity index (χ1n) is 4.80. The Bertz CT molecular complexity index is 409. The van der Waals surface area contributed by atoms with E-state index in [4.69, 9.17) is 4.42 Å². The Kier molecular flexibility index (Phi) is 3.06. The van der Waals surface area contributed by atoms with E-state index < -0.39 is 0 Å². The number of nitrogens with zero attached hydrogens (tertiary/aromatic N) is 2. The second-order valence-electron chi connectivity index (χ2n) is 3.40. The summed E-state index contributed by atoms with van der Waals surface area (Å²) >= 11 is 1.70. The predicted molar refractivity (Wildman–Crippen MR) is 60.7 cm³/mol. The zero-order valence-electron chi connectivity index (χ0n) is 8.68. The van der Waals surface area contributed by atoms with Crippen LogP contribution in [0.4, 0.5) is 0 Å². The number of rotatable bonds is 3. The van der Waals surface area contributed by atoms with Crippen molar-refractivity contribution in [2.24, 2.45) is 0 Å². The molecule has 15 heavy (non-hydrogen) atoms. The minimum absolute atomic E-state index is 0.522. The first kappa shape index (κ1) is 10.2. The van der Waals surface area contributed by atoms with E-state index in [0.717, 1.165) is 16.5 Å². The molecule has 0 unspecified atom stereocenters. The third-order valence-corrected chi connectivity index (χ3v) is 2.70. The highest BCUT2D eigenvalue weighted by atomic mass is 32.2. The van der Waals surface area contributed by atoms with Crippen LogP contribution < -0.4 is 0 Å². The average molecular weight is 220 g/mol. The fourth-order valence-electron chi connectivity index (χ4n) is 1.18. The Hall–Kier alpha value is -1.29. The lowest BCUT2D eigenvalue weighted by Crippen LogP contribution is -1.92. The summed E-state index contributed by atoms with van der Waals surface area (Å²) in [6.45, 7) is 4.26. The third kappa shape index (κ3) is 2.59. The molecule has 0 aliphatic carbocycles. The van der Waals surface area contributed by atoms with Crippen molar-refractivity contribution in [3.63, 3.8) is 0 Å². The van der Waals surface area contributed by atoms with Crippen molar-refractivity contribution >= 4 is 11.8 Å². The van der Waals surface area contributed by atoms with E-state index in [1.165, 1.54) is 0 Å². The molecule has 0 bridgehead atoms. The van der Waals surface area contributed by atoms with Crippen LogP contribution in [0.1, 0.15) is 13.8 Å². The van der Waals surface area contributed by atoms with Crippen LogP contribution in [0.2, 0.25) is 0 Å². The lowest BCUT2D eigenvalue weighted by atomic mass is 10.3. The van der Waals surface area contributed by atoms with E-state index in [1.807, 2.05) is 24.3 Å². The highest BCUT2D eigenvalue weighted by Crippen LogP contribution is 2.22. The molecule has 0 N–H and O–H groups in total. The number of furan rings is 1. The minimum Gasteiger partial charge on any atom is -0.463 e. The van der Waals surface area contributed by atoms with Crippen molar-refractivity contribution in [3.8, 4) is 11.5 Å². The fraction of sp³-hybridized carbons (Fsp3) is 0.273. The Labute approximate surface area is 92.9 Å². The van der Waals surface area contributed by atoms with Gasteiger partial charge < -0.3 is 4.42 Å². The van der Waals surface area contributed by atoms with Gasteiger partial charge in [0.1, 0.15) is 10.7 Å². The van der Waals surface area contributed by atoms with Gasteiger partial charge in [-0.15, -0.1) is 22.0 Å². The van der Waals surface area contributed by atoms with Crippen molar-refractivity contribution in [1.82, 2.24) is 10.2 Å². The molecule has 0 aromatic carbocycles. The quantitative estimate of drug-likeness (QED) is 0.744. The molecule has 3 nitrogen and oxygen atoms in total. The van der Waals surface area contributed by atoms with Crippen LogP contribution in [0.25, 0.3) is 11.5 Å². The van der Waals surface area contributed by atoms with E-state index >= 15 is 0 Å². The number of aromatic nitrogens is 2. The van der Waals surface area contributed by atoms with E-state index in [9.17, 15) is 0 Å². The Morgan fingerprint density at radius 2 is 2.07 bits per heavy atom. The Morgan fingerprint density at radius 3 is 2.60 bits per heavy atom. The van der Waals surface area contributed by atoms with Gasteiger partial charge in [-0.1, -0.05) is 13.8 Å². The van der Waals surface area contributed by atoms with Crippen molar-refractivity contribution in [2.45, 2.75) is 24.1 Å². The largest absolute Gasteiger partial charge is 0.463 e. The zero-order chi connectivity index (χ0) is 10.7.